The summed E-state index contributed by atoms with van der Waals surface area (Å²) in [4.78, 5) is 22.6. The zero-order valence-electron chi connectivity index (χ0n) is 15.7. The van der Waals surface area contributed by atoms with Gasteiger partial charge in [-0.1, -0.05) is 24.3 Å². The molecule has 0 atom stereocenters. The summed E-state index contributed by atoms with van der Waals surface area (Å²) in [5.74, 6) is 0. The van der Waals surface area contributed by atoms with Gasteiger partial charge in [0.2, 0.25) is 0 Å². The molecule has 158 valence electrons. The summed E-state index contributed by atoms with van der Waals surface area (Å²) in [7, 11) is 0. The van der Waals surface area contributed by atoms with E-state index in [-0.39, 0.29) is 0 Å². The molecular formula is C18H20N6O6. The highest BCUT2D eigenvalue weighted by Crippen LogP contribution is 2.10. The van der Waals surface area contributed by atoms with Crippen molar-refractivity contribution in [1.29, 1.82) is 0 Å². The van der Waals surface area contributed by atoms with Gasteiger partial charge in [-0.05, 0) is 23.3 Å². The zero-order chi connectivity index (χ0) is 22.2. The number of hydrogen-bond acceptors (Lipinski definition) is 8. The molecule has 3 aromatic rings. The molecule has 0 bridgehead atoms. The number of nitrogens with zero attached hydrogens (tertiary/aromatic N) is 2. The van der Waals surface area contributed by atoms with Gasteiger partial charge in [0, 0.05) is 25.2 Å². The second-order valence-electron chi connectivity index (χ2n) is 5.56. The van der Waals surface area contributed by atoms with Gasteiger partial charge < -0.3 is 41.3 Å². The molecule has 0 spiro atoms. The SMILES string of the molecule is O=[N+]([O-])[O-].O=[N+]([O-])[O-].c1c[nH+]cc(NCc2ccc(CNc3ccc[nH+]c3)cc2)c1. The standard InChI is InChI=1S/C18H18N4.2NO3/c1-3-17(13-19-9-1)21-11-15-5-7-16(8-6-15)12-22-18-4-2-10-20-14-18;2*2-1(3)4/h1-10,13-14,21-22H,11-12H2;;/q;2*-1/p+2. The van der Waals surface area contributed by atoms with Gasteiger partial charge in [0.15, 0.2) is 24.8 Å². The van der Waals surface area contributed by atoms with Crippen molar-refractivity contribution in [1.82, 2.24) is 0 Å². The van der Waals surface area contributed by atoms with E-state index in [1.54, 1.807) is 0 Å². The van der Waals surface area contributed by atoms with Gasteiger partial charge in [-0.15, -0.1) is 0 Å². The van der Waals surface area contributed by atoms with E-state index in [4.69, 9.17) is 30.6 Å². The van der Waals surface area contributed by atoms with E-state index in [1.807, 2.05) is 49.1 Å². The van der Waals surface area contributed by atoms with Crippen molar-refractivity contribution >= 4 is 11.4 Å². The smallest absolute Gasteiger partial charge is 0.190 e. The molecule has 0 unspecified atom stereocenters. The van der Waals surface area contributed by atoms with Crippen LogP contribution in [0.2, 0.25) is 0 Å². The Morgan fingerprint density at radius 2 is 1.00 bits per heavy atom. The fourth-order valence-electron chi connectivity index (χ4n) is 2.19. The van der Waals surface area contributed by atoms with Gasteiger partial charge >= 0.3 is 0 Å². The average Bonchev–Trinajstić information content (AvgIpc) is 2.72. The maximum absolute atomic E-state index is 8.25. The first-order valence-electron chi connectivity index (χ1n) is 8.47. The molecule has 0 aliphatic heterocycles. The lowest BCUT2D eigenvalue weighted by molar-refractivity contribution is -0.403. The second-order valence-corrected chi connectivity index (χ2v) is 5.56. The van der Waals surface area contributed by atoms with E-state index >= 15 is 0 Å². The molecule has 12 heteroatoms. The molecular weight excluding hydrogens is 396 g/mol. The minimum atomic E-state index is -1.75. The van der Waals surface area contributed by atoms with Crippen LogP contribution in [-0.4, -0.2) is 10.2 Å². The summed E-state index contributed by atoms with van der Waals surface area (Å²) in [5, 5.41) is 36.3. The van der Waals surface area contributed by atoms with E-state index in [2.05, 4.69) is 44.9 Å². The Labute approximate surface area is 171 Å². The van der Waals surface area contributed by atoms with E-state index in [9.17, 15) is 0 Å². The summed E-state index contributed by atoms with van der Waals surface area (Å²) in [5.41, 5.74) is 4.71. The number of benzene rings is 1. The van der Waals surface area contributed by atoms with Crippen molar-refractivity contribution < 1.29 is 20.1 Å². The Hall–Kier alpha value is -4.48. The molecule has 0 amide bonds. The highest BCUT2D eigenvalue weighted by atomic mass is 16.9. The first-order chi connectivity index (χ1) is 14.4. The van der Waals surface area contributed by atoms with Crippen LogP contribution in [0.4, 0.5) is 11.4 Å². The monoisotopic (exact) mass is 416 g/mol. The maximum Gasteiger partial charge on any atom is 0.190 e. The van der Waals surface area contributed by atoms with Crippen LogP contribution >= 0.6 is 0 Å². The van der Waals surface area contributed by atoms with Crippen LogP contribution in [0.3, 0.4) is 0 Å². The Bertz CT molecular complexity index is 798. The predicted octanol–water partition coefficient (Wildman–Crippen LogP) is 2.06. The Balaban J connectivity index is 0.000000485. The Morgan fingerprint density at radius 1 is 0.667 bits per heavy atom. The van der Waals surface area contributed by atoms with Crippen molar-refractivity contribution in [2.24, 2.45) is 0 Å². The number of hydrogen-bond donors (Lipinski definition) is 2. The number of H-pyrrole nitrogens is 2. The number of rotatable bonds is 6. The summed E-state index contributed by atoms with van der Waals surface area (Å²) in [6.45, 7) is 1.64. The topological polar surface area (TPSA) is 185 Å². The fourth-order valence-corrected chi connectivity index (χ4v) is 2.19. The maximum atomic E-state index is 8.25. The molecule has 0 saturated carbocycles. The lowest BCUT2D eigenvalue weighted by Crippen LogP contribution is -2.06. The van der Waals surface area contributed by atoms with E-state index < -0.39 is 10.2 Å². The van der Waals surface area contributed by atoms with Crippen molar-refractivity contribution in [2.45, 2.75) is 13.1 Å². The molecule has 3 rings (SSSR count). The van der Waals surface area contributed by atoms with E-state index in [1.165, 1.54) is 11.1 Å². The lowest BCUT2D eigenvalue weighted by Gasteiger charge is -2.07. The largest absolute Gasteiger partial charge is 0.376 e. The molecule has 0 radical (unpaired) electrons. The lowest BCUT2D eigenvalue weighted by atomic mass is 10.1. The molecule has 0 aliphatic carbocycles. The number of pyridine rings is 2. The van der Waals surface area contributed by atoms with Crippen molar-refractivity contribution in [3.8, 4) is 0 Å². The van der Waals surface area contributed by atoms with Gasteiger partial charge in [-0.25, -0.2) is 9.97 Å². The molecule has 2 aromatic heterocycles. The highest BCUT2D eigenvalue weighted by molar-refractivity contribution is 5.41. The van der Waals surface area contributed by atoms with E-state index in [0.29, 0.717) is 0 Å². The van der Waals surface area contributed by atoms with Crippen molar-refractivity contribution in [2.75, 3.05) is 10.6 Å². The highest BCUT2D eigenvalue weighted by Gasteiger charge is 1.98. The van der Waals surface area contributed by atoms with Crippen LogP contribution in [0.1, 0.15) is 11.1 Å². The molecule has 12 nitrogen and oxygen atoms in total. The summed E-state index contributed by atoms with van der Waals surface area (Å²) in [6.07, 6.45) is 7.71. The van der Waals surface area contributed by atoms with Crippen molar-refractivity contribution in [3.05, 3.63) is 115 Å². The molecule has 2 heterocycles. The summed E-state index contributed by atoms with van der Waals surface area (Å²) >= 11 is 0. The molecule has 1 aromatic carbocycles. The predicted molar refractivity (Wildman–Crippen MR) is 108 cm³/mol. The van der Waals surface area contributed by atoms with Gasteiger partial charge in [-0.2, -0.15) is 0 Å². The number of nitrogens with one attached hydrogen (secondary N) is 4. The van der Waals surface area contributed by atoms with Crippen LogP contribution in [0, 0.1) is 30.6 Å². The zero-order valence-corrected chi connectivity index (χ0v) is 15.7. The van der Waals surface area contributed by atoms with Crippen LogP contribution < -0.4 is 20.6 Å². The number of anilines is 2. The third-order valence-electron chi connectivity index (χ3n) is 3.43. The van der Waals surface area contributed by atoms with E-state index in [0.717, 1.165) is 24.5 Å². The fraction of sp³-hybridized carbons (Fsp3) is 0.111. The first-order valence-corrected chi connectivity index (χ1v) is 8.47. The minimum absolute atomic E-state index is 0.819. The average molecular weight is 416 g/mol. The van der Waals surface area contributed by atoms with Gasteiger partial charge in [-0.3, -0.25) is 0 Å². The van der Waals surface area contributed by atoms with Crippen LogP contribution in [0.5, 0.6) is 0 Å². The second kappa shape index (κ2) is 13.7. The molecule has 0 saturated heterocycles. The van der Waals surface area contributed by atoms with Gasteiger partial charge in [0.1, 0.15) is 0 Å². The van der Waals surface area contributed by atoms with Gasteiger partial charge in [0.25, 0.3) is 0 Å². The molecule has 30 heavy (non-hydrogen) atoms. The van der Waals surface area contributed by atoms with Gasteiger partial charge in [0.05, 0.1) is 21.5 Å². The number of aromatic nitrogens is 2. The van der Waals surface area contributed by atoms with Crippen LogP contribution in [0.25, 0.3) is 0 Å². The molecule has 4 N–H and O–H groups in total. The Morgan fingerprint density at radius 3 is 1.27 bits per heavy atom. The number of aromatic amines is 2. The first kappa shape index (κ1) is 23.6. The summed E-state index contributed by atoms with van der Waals surface area (Å²) < 4.78 is 0. The Kier molecular flexibility index (Phi) is 10.7. The third-order valence-corrected chi connectivity index (χ3v) is 3.43. The van der Waals surface area contributed by atoms with Crippen LogP contribution in [-0.2, 0) is 13.1 Å². The summed E-state index contributed by atoms with van der Waals surface area (Å²) in [6, 6.07) is 16.7. The van der Waals surface area contributed by atoms with Crippen LogP contribution in [0.15, 0.2) is 73.3 Å². The normalized spacial score (nSPS) is 9.07. The quantitative estimate of drug-likeness (QED) is 0.451. The minimum Gasteiger partial charge on any atom is -0.376 e. The molecule has 0 aliphatic rings. The molecule has 0 fully saturated rings. The van der Waals surface area contributed by atoms with Crippen molar-refractivity contribution in [3.63, 3.8) is 0 Å². The third kappa shape index (κ3) is 12.0.